The number of carbonyl (C=O) groups is 1. The molecule has 1 rings (SSSR count). The van der Waals surface area contributed by atoms with Crippen LogP contribution in [0, 0.1) is 0 Å². The van der Waals surface area contributed by atoms with Crippen LogP contribution in [-0.2, 0) is 4.79 Å². The van der Waals surface area contributed by atoms with Crippen LogP contribution >= 0.6 is 0 Å². The first-order chi connectivity index (χ1) is 12.7. The Morgan fingerprint density at radius 3 is 2.27 bits per heavy atom. The van der Waals surface area contributed by atoms with Crippen LogP contribution in [0.25, 0.3) is 0 Å². The number of rotatable bonds is 15. The summed E-state index contributed by atoms with van der Waals surface area (Å²) in [4.78, 5) is 12.1. The van der Waals surface area contributed by atoms with Gasteiger partial charge in [0.25, 0.3) is 0 Å². The number of nitrogens with one attached hydrogen (secondary N) is 2. The molecule has 0 bridgehead atoms. The monoisotopic (exact) mass is 363 g/mol. The van der Waals surface area contributed by atoms with Crippen LogP contribution in [0.4, 0.5) is 11.4 Å². The van der Waals surface area contributed by atoms with Gasteiger partial charge in [-0.2, -0.15) is 0 Å². The van der Waals surface area contributed by atoms with Crippen LogP contribution in [0.15, 0.2) is 18.2 Å². The van der Waals surface area contributed by atoms with Gasteiger partial charge in [0.15, 0.2) is 0 Å². The van der Waals surface area contributed by atoms with Crippen LogP contribution in [0.5, 0.6) is 5.75 Å². The van der Waals surface area contributed by atoms with Crippen molar-refractivity contribution in [2.75, 3.05) is 17.3 Å². The Bertz CT molecular complexity index is 506. The van der Waals surface area contributed by atoms with E-state index in [1.165, 1.54) is 38.5 Å². The van der Waals surface area contributed by atoms with E-state index in [9.17, 15) is 4.79 Å². The summed E-state index contributed by atoms with van der Waals surface area (Å²) in [5.41, 5.74) is 4.07. The normalized spacial score (nSPS) is 10.6. The minimum atomic E-state index is 0.0543. The number of anilines is 2. The number of nitrogens with two attached hydrogens (primary N) is 1. The van der Waals surface area contributed by atoms with Gasteiger partial charge < -0.3 is 15.5 Å². The Balaban J connectivity index is 2.28. The molecule has 0 aromatic heterocycles. The summed E-state index contributed by atoms with van der Waals surface area (Å²) in [7, 11) is 0. The standard InChI is InChI=1S/C21H37N3O2/c1-3-5-7-8-9-10-11-12-13-21(25)23-18-14-15-20(19(17-18)24-22)26-16-6-4-2/h14-15,17,24H,3-13,16,22H2,1-2H3,(H,23,25). The lowest BCUT2D eigenvalue weighted by Gasteiger charge is -2.13. The number of nitrogen functional groups attached to an aromatic ring is 1. The second kappa shape index (κ2) is 14.4. The van der Waals surface area contributed by atoms with Crippen molar-refractivity contribution in [3.8, 4) is 5.75 Å². The van der Waals surface area contributed by atoms with Crippen LogP contribution in [0.2, 0.25) is 0 Å². The molecule has 1 aromatic carbocycles. The predicted molar refractivity (Wildman–Crippen MR) is 111 cm³/mol. The van der Waals surface area contributed by atoms with Crippen LogP contribution in [0.3, 0.4) is 0 Å². The van der Waals surface area contributed by atoms with E-state index in [0.29, 0.717) is 24.5 Å². The molecule has 0 saturated heterocycles. The zero-order valence-corrected chi connectivity index (χ0v) is 16.6. The molecule has 4 N–H and O–H groups in total. The molecule has 0 saturated carbocycles. The van der Waals surface area contributed by atoms with E-state index in [2.05, 4.69) is 24.6 Å². The molecular formula is C21H37N3O2. The maximum atomic E-state index is 12.1. The molecular weight excluding hydrogens is 326 g/mol. The summed E-state index contributed by atoms with van der Waals surface area (Å²) >= 11 is 0. The minimum absolute atomic E-state index is 0.0543. The van der Waals surface area contributed by atoms with E-state index in [4.69, 9.17) is 10.6 Å². The van der Waals surface area contributed by atoms with Crippen LogP contribution < -0.4 is 21.3 Å². The molecule has 1 aromatic rings. The first-order valence-electron chi connectivity index (χ1n) is 10.2. The fourth-order valence-electron chi connectivity index (χ4n) is 2.82. The second-order valence-corrected chi connectivity index (χ2v) is 6.83. The van der Waals surface area contributed by atoms with E-state index in [-0.39, 0.29) is 5.91 Å². The SMILES string of the molecule is CCCCCCCCCCC(=O)Nc1ccc(OCCCC)c(NN)c1. The van der Waals surface area contributed by atoms with Crippen molar-refractivity contribution in [2.24, 2.45) is 5.84 Å². The average Bonchev–Trinajstić information content (AvgIpc) is 2.65. The number of amides is 1. The molecule has 0 aliphatic carbocycles. The highest BCUT2D eigenvalue weighted by Crippen LogP contribution is 2.27. The quantitative estimate of drug-likeness (QED) is 0.215. The molecule has 5 nitrogen and oxygen atoms in total. The third kappa shape index (κ3) is 9.66. The molecule has 26 heavy (non-hydrogen) atoms. The van der Waals surface area contributed by atoms with Gasteiger partial charge in [-0.1, -0.05) is 65.2 Å². The summed E-state index contributed by atoms with van der Waals surface area (Å²) in [6.07, 6.45) is 12.5. The fraction of sp³-hybridized carbons (Fsp3) is 0.667. The third-order valence-corrected chi connectivity index (χ3v) is 4.43. The zero-order chi connectivity index (χ0) is 19.0. The molecule has 0 fully saturated rings. The van der Waals surface area contributed by atoms with Gasteiger partial charge in [-0.05, 0) is 31.0 Å². The van der Waals surface area contributed by atoms with Gasteiger partial charge >= 0.3 is 0 Å². The molecule has 0 spiro atoms. The first-order valence-corrected chi connectivity index (χ1v) is 10.2. The fourth-order valence-corrected chi connectivity index (χ4v) is 2.82. The topological polar surface area (TPSA) is 76.4 Å². The lowest BCUT2D eigenvalue weighted by atomic mass is 10.1. The van der Waals surface area contributed by atoms with Gasteiger partial charge in [0.05, 0.1) is 12.3 Å². The summed E-state index contributed by atoms with van der Waals surface area (Å²) < 4.78 is 5.70. The van der Waals surface area contributed by atoms with Gasteiger partial charge in [0.1, 0.15) is 5.75 Å². The van der Waals surface area contributed by atoms with E-state index in [1.807, 2.05) is 18.2 Å². The van der Waals surface area contributed by atoms with Crippen molar-refractivity contribution in [1.29, 1.82) is 0 Å². The molecule has 0 aliphatic rings. The number of hydrazine groups is 1. The molecule has 1 amide bonds. The molecule has 0 atom stereocenters. The summed E-state index contributed by atoms with van der Waals surface area (Å²) in [5.74, 6) is 6.33. The number of carbonyl (C=O) groups excluding carboxylic acids is 1. The van der Waals surface area contributed by atoms with E-state index in [0.717, 1.165) is 31.4 Å². The number of hydrogen-bond donors (Lipinski definition) is 3. The molecule has 0 unspecified atom stereocenters. The van der Waals surface area contributed by atoms with Crippen LogP contribution in [-0.4, -0.2) is 12.5 Å². The number of ether oxygens (including phenoxy) is 1. The van der Waals surface area contributed by atoms with Crippen LogP contribution in [0.1, 0.15) is 84.5 Å². The van der Waals surface area contributed by atoms with Gasteiger partial charge in [-0.3, -0.25) is 10.6 Å². The summed E-state index contributed by atoms with van der Waals surface area (Å²) in [6.45, 7) is 5.02. The van der Waals surface area contributed by atoms with Gasteiger partial charge in [0.2, 0.25) is 5.91 Å². The third-order valence-electron chi connectivity index (χ3n) is 4.43. The predicted octanol–water partition coefficient (Wildman–Crippen LogP) is 5.62. The Labute approximate surface area is 159 Å². The zero-order valence-electron chi connectivity index (χ0n) is 16.6. The van der Waals surface area contributed by atoms with Crippen molar-refractivity contribution >= 4 is 17.3 Å². The second-order valence-electron chi connectivity index (χ2n) is 6.83. The maximum Gasteiger partial charge on any atom is 0.224 e. The van der Waals surface area contributed by atoms with Crippen molar-refractivity contribution < 1.29 is 9.53 Å². The smallest absolute Gasteiger partial charge is 0.224 e. The largest absolute Gasteiger partial charge is 0.491 e. The average molecular weight is 364 g/mol. The molecule has 148 valence electrons. The summed E-state index contributed by atoms with van der Waals surface area (Å²) in [5, 5.41) is 2.94. The lowest BCUT2D eigenvalue weighted by molar-refractivity contribution is -0.116. The highest BCUT2D eigenvalue weighted by atomic mass is 16.5. The van der Waals surface area contributed by atoms with Crippen molar-refractivity contribution in [3.05, 3.63) is 18.2 Å². The number of unbranched alkanes of at least 4 members (excludes halogenated alkanes) is 8. The lowest BCUT2D eigenvalue weighted by Crippen LogP contribution is -2.13. The molecule has 5 heteroatoms. The molecule has 0 heterocycles. The minimum Gasteiger partial charge on any atom is -0.491 e. The van der Waals surface area contributed by atoms with Gasteiger partial charge in [-0.25, -0.2) is 0 Å². The Morgan fingerprint density at radius 2 is 1.62 bits per heavy atom. The highest BCUT2D eigenvalue weighted by Gasteiger charge is 2.07. The van der Waals surface area contributed by atoms with E-state index < -0.39 is 0 Å². The van der Waals surface area contributed by atoms with Crippen molar-refractivity contribution in [1.82, 2.24) is 0 Å². The number of hydrogen-bond acceptors (Lipinski definition) is 4. The molecule has 0 radical (unpaired) electrons. The van der Waals surface area contributed by atoms with Crippen molar-refractivity contribution in [3.63, 3.8) is 0 Å². The maximum absolute atomic E-state index is 12.1. The molecule has 0 aliphatic heterocycles. The Morgan fingerprint density at radius 1 is 0.962 bits per heavy atom. The van der Waals surface area contributed by atoms with Crippen molar-refractivity contribution in [2.45, 2.75) is 84.5 Å². The van der Waals surface area contributed by atoms with E-state index >= 15 is 0 Å². The van der Waals surface area contributed by atoms with Gasteiger partial charge in [0, 0.05) is 12.1 Å². The Hall–Kier alpha value is -1.75. The number of benzene rings is 1. The highest BCUT2D eigenvalue weighted by molar-refractivity contribution is 5.91. The summed E-state index contributed by atoms with van der Waals surface area (Å²) in [6, 6.07) is 5.51. The Kier molecular flexibility index (Phi) is 12.4. The first kappa shape index (κ1) is 22.3. The van der Waals surface area contributed by atoms with E-state index in [1.54, 1.807) is 0 Å². The van der Waals surface area contributed by atoms with Gasteiger partial charge in [-0.15, -0.1) is 0 Å².